The second-order valence-electron chi connectivity index (χ2n) is 3.96. The summed E-state index contributed by atoms with van der Waals surface area (Å²) in [5.41, 5.74) is 0.0719. The average molecular weight is 223 g/mol. The topological polar surface area (TPSA) is 48.4 Å². The Labute approximate surface area is 95.6 Å². The lowest BCUT2D eigenvalue weighted by Crippen LogP contribution is -2.31. The molecule has 0 atom stereocenters. The van der Waals surface area contributed by atoms with E-state index in [2.05, 4.69) is 4.98 Å². The number of carbonyl (C=O) groups excluding carboxylic acids is 1. The number of methoxy groups -OCH3 is 1. The van der Waals surface area contributed by atoms with E-state index < -0.39 is 5.41 Å². The van der Waals surface area contributed by atoms with Crippen LogP contribution in [0.5, 0.6) is 5.75 Å². The quantitative estimate of drug-likeness (QED) is 0.732. The van der Waals surface area contributed by atoms with Gasteiger partial charge < -0.3 is 9.47 Å². The molecule has 1 heterocycles. The Hall–Kier alpha value is -1.58. The predicted molar refractivity (Wildman–Crippen MR) is 60.4 cm³/mol. The fraction of sp³-hybridized carbons (Fsp3) is 0.500. The number of nitrogens with zero attached hydrogens (tertiary/aromatic N) is 1. The largest absolute Gasteiger partial charge is 0.495 e. The maximum absolute atomic E-state index is 11.8. The first-order chi connectivity index (χ1) is 7.52. The summed E-state index contributed by atoms with van der Waals surface area (Å²) < 4.78 is 10.1. The fourth-order valence-corrected chi connectivity index (χ4v) is 1.30. The van der Waals surface area contributed by atoms with Crippen molar-refractivity contribution in [1.82, 2.24) is 4.98 Å². The van der Waals surface area contributed by atoms with Gasteiger partial charge in [-0.05, 0) is 32.4 Å². The summed E-state index contributed by atoms with van der Waals surface area (Å²) in [6.45, 7) is 5.78. The molecule has 4 nitrogen and oxygen atoms in total. The van der Waals surface area contributed by atoms with Crippen LogP contribution < -0.4 is 4.74 Å². The van der Waals surface area contributed by atoms with E-state index in [1.807, 2.05) is 0 Å². The zero-order valence-electron chi connectivity index (χ0n) is 10.1. The molecule has 0 radical (unpaired) electrons. The number of ether oxygens (including phenoxy) is 2. The SMILES string of the molecule is CCOC(=O)C(C)(C)c1cncc(OC)c1. The highest BCUT2D eigenvalue weighted by Crippen LogP contribution is 2.26. The van der Waals surface area contributed by atoms with Gasteiger partial charge in [0.05, 0.1) is 25.3 Å². The molecule has 0 N–H and O–H groups in total. The van der Waals surface area contributed by atoms with E-state index in [0.717, 1.165) is 5.56 Å². The van der Waals surface area contributed by atoms with E-state index in [-0.39, 0.29) is 5.97 Å². The van der Waals surface area contributed by atoms with Crippen LogP contribution >= 0.6 is 0 Å². The van der Waals surface area contributed by atoms with Gasteiger partial charge in [-0.1, -0.05) is 0 Å². The molecule has 0 aliphatic carbocycles. The van der Waals surface area contributed by atoms with Gasteiger partial charge in [-0.2, -0.15) is 0 Å². The number of hydrogen-bond donors (Lipinski definition) is 0. The minimum absolute atomic E-state index is 0.259. The lowest BCUT2D eigenvalue weighted by molar-refractivity contribution is -0.148. The molecule has 0 amide bonds. The van der Waals surface area contributed by atoms with Crippen LogP contribution in [0, 0.1) is 0 Å². The number of rotatable bonds is 4. The van der Waals surface area contributed by atoms with Gasteiger partial charge in [-0.3, -0.25) is 9.78 Å². The van der Waals surface area contributed by atoms with Crippen LogP contribution in [0.25, 0.3) is 0 Å². The van der Waals surface area contributed by atoms with Crippen molar-refractivity contribution in [3.05, 3.63) is 24.0 Å². The molecular weight excluding hydrogens is 206 g/mol. The third-order valence-electron chi connectivity index (χ3n) is 2.46. The monoisotopic (exact) mass is 223 g/mol. The molecule has 0 spiro atoms. The van der Waals surface area contributed by atoms with Crippen molar-refractivity contribution >= 4 is 5.97 Å². The lowest BCUT2D eigenvalue weighted by atomic mass is 9.86. The molecule has 0 aromatic carbocycles. The first kappa shape index (κ1) is 12.5. The molecule has 0 bridgehead atoms. The highest BCUT2D eigenvalue weighted by Gasteiger charge is 2.31. The third kappa shape index (κ3) is 2.51. The summed E-state index contributed by atoms with van der Waals surface area (Å²) in [6.07, 6.45) is 3.25. The van der Waals surface area contributed by atoms with Gasteiger partial charge in [0.25, 0.3) is 0 Å². The van der Waals surface area contributed by atoms with Crippen molar-refractivity contribution < 1.29 is 14.3 Å². The first-order valence-electron chi connectivity index (χ1n) is 5.19. The van der Waals surface area contributed by atoms with Crippen LogP contribution in [0.1, 0.15) is 26.3 Å². The summed E-state index contributed by atoms with van der Waals surface area (Å²) in [5, 5.41) is 0. The molecule has 0 fully saturated rings. The Morgan fingerprint density at radius 1 is 1.44 bits per heavy atom. The molecule has 0 aliphatic rings. The van der Waals surface area contributed by atoms with Crippen LogP contribution in [-0.4, -0.2) is 24.7 Å². The second kappa shape index (κ2) is 4.96. The summed E-state index contributed by atoms with van der Waals surface area (Å²) in [4.78, 5) is 15.8. The van der Waals surface area contributed by atoms with E-state index >= 15 is 0 Å². The Balaban J connectivity index is 3.01. The van der Waals surface area contributed by atoms with E-state index in [0.29, 0.717) is 12.4 Å². The van der Waals surface area contributed by atoms with Gasteiger partial charge in [-0.15, -0.1) is 0 Å². The zero-order chi connectivity index (χ0) is 12.2. The fourth-order valence-electron chi connectivity index (χ4n) is 1.30. The molecule has 0 aliphatic heterocycles. The van der Waals surface area contributed by atoms with Crippen LogP contribution in [0.3, 0.4) is 0 Å². The molecule has 0 saturated heterocycles. The standard InChI is InChI=1S/C12H17NO3/c1-5-16-11(14)12(2,3)9-6-10(15-4)8-13-7-9/h6-8H,5H2,1-4H3. The molecular formula is C12H17NO3. The smallest absolute Gasteiger partial charge is 0.316 e. The van der Waals surface area contributed by atoms with Gasteiger partial charge in [-0.25, -0.2) is 0 Å². The molecule has 88 valence electrons. The van der Waals surface area contributed by atoms with Gasteiger partial charge >= 0.3 is 5.97 Å². The van der Waals surface area contributed by atoms with Crippen molar-refractivity contribution in [1.29, 1.82) is 0 Å². The van der Waals surface area contributed by atoms with Crippen molar-refractivity contribution in [2.24, 2.45) is 0 Å². The first-order valence-corrected chi connectivity index (χ1v) is 5.19. The highest BCUT2D eigenvalue weighted by atomic mass is 16.5. The maximum atomic E-state index is 11.8. The van der Waals surface area contributed by atoms with Crippen molar-refractivity contribution in [2.45, 2.75) is 26.2 Å². The molecule has 0 unspecified atom stereocenters. The van der Waals surface area contributed by atoms with Crippen LogP contribution in [-0.2, 0) is 14.9 Å². The minimum Gasteiger partial charge on any atom is -0.495 e. The molecule has 1 aromatic rings. The van der Waals surface area contributed by atoms with E-state index in [1.165, 1.54) is 0 Å². The maximum Gasteiger partial charge on any atom is 0.316 e. The third-order valence-corrected chi connectivity index (χ3v) is 2.46. The summed E-state index contributed by atoms with van der Waals surface area (Å²) in [7, 11) is 1.57. The van der Waals surface area contributed by atoms with Crippen LogP contribution in [0.4, 0.5) is 0 Å². The average Bonchev–Trinajstić information content (AvgIpc) is 2.29. The van der Waals surface area contributed by atoms with E-state index in [4.69, 9.17) is 9.47 Å². The molecule has 1 rings (SSSR count). The number of pyridine rings is 1. The van der Waals surface area contributed by atoms with Gasteiger partial charge in [0.2, 0.25) is 0 Å². The van der Waals surface area contributed by atoms with E-state index in [9.17, 15) is 4.79 Å². The molecule has 0 saturated carbocycles. The molecule has 4 heteroatoms. The van der Waals surface area contributed by atoms with Gasteiger partial charge in [0.1, 0.15) is 5.75 Å². The number of aromatic nitrogens is 1. The second-order valence-corrected chi connectivity index (χ2v) is 3.96. The minimum atomic E-state index is -0.711. The van der Waals surface area contributed by atoms with Crippen LogP contribution in [0.15, 0.2) is 18.5 Å². The molecule has 1 aromatic heterocycles. The summed E-state index contributed by atoms with van der Waals surface area (Å²) in [5.74, 6) is 0.375. The van der Waals surface area contributed by atoms with Gasteiger partial charge in [0.15, 0.2) is 0 Å². The summed E-state index contributed by atoms with van der Waals surface area (Å²) >= 11 is 0. The van der Waals surface area contributed by atoms with Gasteiger partial charge in [0, 0.05) is 6.20 Å². The van der Waals surface area contributed by atoms with Crippen molar-refractivity contribution in [2.75, 3.05) is 13.7 Å². The highest BCUT2D eigenvalue weighted by molar-refractivity contribution is 5.82. The van der Waals surface area contributed by atoms with Crippen molar-refractivity contribution in [3.8, 4) is 5.75 Å². The van der Waals surface area contributed by atoms with E-state index in [1.54, 1.807) is 46.3 Å². The van der Waals surface area contributed by atoms with Crippen LogP contribution in [0.2, 0.25) is 0 Å². The van der Waals surface area contributed by atoms with Crippen molar-refractivity contribution in [3.63, 3.8) is 0 Å². The molecule has 16 heavy (non-hydrogen) atoms. The Morgan fingerprint density at radius 3 is 2.69 bits per heavy atom. The predicted octanol–water partition coefficient (Wildman–Crippen LogP) is 1.93. The Morgan fingerprint density at radius 2 is 2.12 bits per heavy atom. The number of carbonyl (C=O) groups is 1. The Bertz CT molecular complexity index is 374. The summed E-state index contributed by atoms with van der Waals surface area (Å²) in [6, 6.07) is 1.80. The normalized spacial score (nSPS) is 11.0. The number of esters is 1. The number of hydrogen-bond acceptors (Lipinski definition) is 4. The zero-order valence-corrected chi connectivity index (χ0v) is 10.1. The Kier molecular flexibility index (Phi) is 3.88. The lowest BCUT2D eigenvalue weighted by Gasteiger charge is -2.22.